The van der Waals surface area contributed by atoms with E-state index < -0.39 is 17.9 Å². The summed E-state index contributed by atoms with van der Waals surface area (Å²) in [5, 5.41) is 0. The maximum Gasteiger partial charge on any atom is 0.339 e. The lowest BCUT2D eigenvalue weighted by Gasteiger charge is -2.25. The molecule has 6 heteroatoms. The van der Waals surface area contributed by atoms with Gasteiger partial charge in [0.15, 0.2) is 0 Å². The van der Waals surface area contributed by atoms with Crippen LogP contribution in [0, 0.1) is 0 Å². The molecule has 0 aromatic heterocycles. The van der Waals surface area contributed by atoms with E-state index in [0.29, 0.717) is 12.0 Å². The standard InChI is InChI=1S/C23H32O6/c1-5-27-21(24)15(4)18-14-19(22(25)28-6-2)20(23(26)29-7-3)17-13-11-9-8-10-12-16(17)18/h14-15H,5-13H2,1-4H3. The molecule has 1 aliphatic carbocycles. The Labute approximate surface area is 172 Å². The van der Waals surface area contributed by atoms with Crippen LogP contribution in [-0.4, -0.2) is 37.7 Å². The number of rotatable bonds is 7. The molecule has 1 aliphatic rings. The van der Waals surface area contributed by atoms with Crippen LogP contribution in [-0.2, 0) is 31.8 Å². The van der Waals surface area contributed by atoms with Gasteiger partial charge in [-0.3, -0.25) is 4.79 Å². The molecule has 0 radical (unpaired) electrons. The topological polar surface area (TPSA) is 78.9 Å². The molecular weight excluding hydrogens is 372 g/mol. The number of hydrogen-bond donors (Lipinski definition) is 0. The van der Waals surface area contributed by atoms with Gasteiger partial charge in [0.2, 0.25) is 0 Å². The van der Waals surface area contributed by atoms with E-state index in [0.717, 1.165) is 48.8 Å². The Kier molecular flexibility index (Phi) is 8.68. The average Bonchev–Trinajstić information content (AvgIpc) is 2.67. The number of carbonyl (C=O) groups is 3. The Morgan fingerprint density at radius 3 is 1.97 bits per heavy atom. The van der Waals surface area contributed by atoms with E-state index in [9.17, 15) is 14.4 Å². The van der Waals surface area contributed by atoms with Crippen LogP contribution in [0.15, 0.2) is 6.07 Å². The highest BCUT2D eigenvalue weighted by molar-refractivity contribution is 6.05. The van der Waals surface area contributed by atoms with Crippen molar-refractivity contribution >= 4 is 17.9 Å². The Bertz CT molecular complexity index is 752. The van der Waals surface area contributed by atoms with Crippen molar-refractivity contribution in [1.29, 1.82) is 0 Å². The van der Waals surface area contributed by atoms with Crippen molar-refractivity contribution in [2.24, 2.45) is 0 Å². The van der Waals surface area contributed by atoms with Crippen LogP contribution >= 0.6 is 0 Å². The van der Waals surface area contributed by atoms with Gasteiger partial charge < -0.3 is 14.2 Å². The van der Waals surface area contributed by atoms with Crippen molar-refractivity contribution in [1.82, 2.24) is 0 Å². The molecule has 0 spiro atoms. The van der Waals surface area contributed by atoms with Crippen molar-refractivity contribution in [3.63, 3.8) is 0 Å². The molecule has 0 aliphatic heterocycles. The molecule has 2 rings (SSSR count). The lowest BCUT2D eigenvalue weighted by Crippen LogP contribution is -2.23. The van der Waals surface area contributed by atoms with E-state index >= 15 is 0 Å². The predicted octanol–water partition coefficient (Wildman–Crippen LogP) is 4.37. The molecule has 0 bridgehead atoms. The normalized spacial score (nSPS) is 14.8. The number of fused-ring (bicyclic) bond motifs is 1. The monoisotopic (exact) mass is 404 g/mol. The smallest absolute Gasteiger partial charge is 0.339 e. The molecule has 0 amide bonds. The van der Waals surface area contributed by atoms with Gasteiger partial charge >= 0.3 is 17.9 Å². The first-order chi connectivity index (χ1) is 14.0. The third kappa shape index (κ3) is 5.37. The molecular formula is C23H32O6. The van der Waals surface area contributed by atoms with Gasteiger partial charge in [0.1, 0.15) is 0 Å². The Balaban J connectivity index is 2.74. The summed E-state index contributed by atoms with van der Waals surface area (Å²) in [7, 11) is 0. The summed E-state index contributed by atoms with van der Waals surface area (Å²) in [6.45, 7) is 7.71. The van der Waals surface area contributed by atoms with Crippen molar-refractivity contribution in [3.8, 4) is 0 Å². The minimum Gasteiger partial charge on any atom is -0.466 e. The average molecular weight is 405 g/mol. The summed E-state index contributed by atoms with van der Waals surface area (Å²) in [6.07, 6.45) is 5.47. The molecule has 1 atom stereocenters. The lowest BCUT2D eigenvalue weighted by atomic mass is 9.81. The van der Waals surface area contributed by atoms with Crippen molar-refractivity contribution < 1.29 is 28.6 Å². The molecule has 29 heavy (non-hydrogen) atoms. The molecule has 0 saturated heterocycles. The summed E-state index contributed by atoms with van der Waals surface area (Å²) in [6, 6.07) is 1.65. The van der Waals surface area contributed by atoms with Gasteiger partial charge in [0.05, 0.1) is 36.9 Å². The number of hydrogen-bond acceptors (Lipinski definition) is 6. The Morgan fingerprint density at radius 2 is 1.38 bits per heavy atom. The summed E-state index contributed by atoms with van der Waals surface area (Å²) < 4.78 is 15.7. The highest BCUT2D eigenvalue weighted by Crippen LogP contribution is 2.34. The van der Waals surface area contributed by atoms with Gasteiger partial charge in [0.25, 0.3) is 0 Å². The SMILES string of the molecule is CCOC(=O)c1cc(C(C)C(=O)OCC)c2c(c1C(=O)OCC)CCCCCC2. The third-order valence-electron chi connectivity index (χ3n) is 5.27. The molecule has 1 aromatic rings. The van der Waals surface area contributed by atoms with E-state index in [1.807, 2.05) is 0 Å². The van der Waals surface area contributed by atoms with Gasteiger partial charge in [-0.2, -0.15) is 0 Å². The fourth-order valence-electron chi connectivity index (χ4n) is 3.92. The summed E-state index contributed by atoms with van der Waals surface area (Å²) >= 11 is 0. The number of benzene rings is 1. The minimum atomic E-state index is -0.572. The summed E-state index contributed by atoms with van der Waals surface area (Å²) in [4.78, 5) is 38.1. The van der Waals surface area contributed by atoms with Crippen LogP contribution < -0.4 is 0 Å². The second-order valence-corrected chi connectivity index (χ2v) is 7.17. The van der Waals surface area contributed by atoms with Crippen LogP contribution in [0.5, 0.6) is 0 Å². The van der Waals surface area contributed by atoms with Gasteiger partial charge in [-0.25, -0.2) is 9.59 Å². The zero-order valence-electron chi connectivity index (χ0n) is 18.0. The van der Waals surface area contributed by atoms with Gasteiger partial charge in [-0.1, -0.05) is 12.8 Å². The molecule has 6 nitrogen and oxygen atoms in total. The fourth-order valence-corrected chi connectivity index (χ4v) is 3.92. The zero-order chi connectivity index (χ0) is 21.4. The number of esters is 3. The number of ether oxygens (including phenoxy) is 3. The van der Waals surface area contributed by atoms with E-state index in [-0.39, 0.29) is 31.4 Å². The molecule has 1 aromatic carbocycles. The first kappa shape index (κ1) is 22.9. The van der Waals surface area contributed by atoms with Crippen molar-refractivity contribution in [2.45, 2.75) is 72.1 Å². The summed E-state index contributed by atoms with van der Waals surface area (Å²) in [5.74, 6) is -1.96. The lowest BCUT2D eigenvalue weighted by molar-refractivity contribution is -0.144. The maximum absolute atomic E-state index is 12.8. The van der Waals surface area contributed by atoms with Crippen molar-refractivity contribution in [2.75, 3.05) is 19.8 Å². The van der Waals surface area contributed by atoms with Crippen molar-refractivity contribution in [3.05, 3.63) is 33.9 Å². The molecule has 0 heterocycles. The largest absolute Gasteiger partial charge is 0.466 e. The van der Waals surface area contributed by atoms with Crippen LogP contribution in [0.2, 0.25) is 0 Å². The van der Waals surface area contributed by atoms with E-state index in [4.69, 9.17) is 14.2 Å². The first-order valence-corrected chi connectivity index (χ1v) is 10.7. The Hall–Kier alpha value is -2.37. The second-order valence-electron chi connectivity index (χ2n) is 7.17. The Morgan fingerprint density at radius 1 is 0.828 bits per heavy atom. The predicted molar refractivity (Wildman–Crippen MR) is 109 cm³/mol. The molecule has 0 fully saturated rings. The van der Waals surface area contributed by atoms with Gasteiger partial charge in [-0.05, 0) is 76.1 Å². The van der Waals surface area contributed by atoms with Crippen LogP contribution in [0.4, 0.5) is 0 Å². The fraction of sp³-hybridized carbons (Fsp3) is 0.609. The van der Waals surface area contributed by atoms with Gasteiger partial charge in [0, 0.05) is 0 Å². The minimum absolute atomic E-state index is 0.177. The molecule has 0 saturated carbocycles. The van der Waals surface area contributed by atoms with Crippen LogP contribution in [0.3, 0.4) is 0 Å². The van der Waals surface area contributed by atoms with E-state index in [1.165, 1.54) is 0 Å². The maximum atomic E-state index is 12.8. The summed E-state index contributed by atoms with van der Waals surface area (Å²) in [5.41, 5.74) is 3.01. The third-order valence-corrected chi connectivity index (χ3v) is 5.27. The van der Waals surface area contributed by atoms with Crippen LogP contribution in [0.1, 0.15) is 96.7 Å². The van der Waals surface area contributed by atoms with E-state index in [2.05, 4.69) is 0 Å². The number of carbonyl (C=O) groups excluding carboxylic acids is 3. The van der Waals surface area contributed by atoms with E-state index in [1.54, 1.807) is 33.8 Å². The highest BCUT2D eigenvalue weighted by Gasteiger charge is 2.31. The molecule has 1 unspecified atom stereocenters. The zero-order valence-corrected chi connectivity index (χ0v) is 18.0. The van der Waals surface area contributed by atoms with Crippen LogP contribution in [0.25, 0.3) is 0 Å². The molecule has 160 valence electrons. The quantitative estimate of drug-likeness (QED) is 0.496. The highest BCUT2D eigenvalue weighted by atomic mass is 16.5. The molecule has 0 N–H and O–H groups in total. The second kappa shape index (κ2) is 11.0. The van der Waals surface area contributed by atoms with Gasteiger partial charge in [-0.15, -0.1) is 0 Å². The first-order valence-electron chi connectivity index (χ1n) is 10.7.